The molecule has 1 aliphatic heterocycles. The van der Waals surface area contributed by atoms with Crippen molar-refractivity contribution < 1.29 is 4.74 Å². The van der Waals surface area contributed by atoms with E-state index in [1.165, 1.54) is 64.6 Å². The maximum atomic E-state index is 5.59. The van der Waals surface area contributed by atoms with E-state index in [9.17, 15) is 0 Å². The summed E-state index contributed by atoms with van der Waals surface area (Å²) in [4.78, 5) is 2.64. The van der Waals surface area contributed by atoms with Gasteiger partial charge in [-0.15, -0.1) is 0 Å². The first kappa shape index (κ1) is 15.3. The number of ether oxygens (including phenoxy) is 1. The minimum Gasteiger partial charge on any atom is -0.380 e. The molecule has 112 valence electrons. The number of rotatable bonds is 6. The molecule has 19 heavy (non-hydrogen) atoms. The molecule has 2 fully saturated rings. The van der Waals surface area contributed by atoms with Crippen molar-refractivity contribution in [2.24, 2.45) is 5.92 Å². The number of likely N-dealkylation sites (tertiary alicyclic amines) is 1. The molecule has 2 rings (SSSR count). The normalized spacial score (nSPS) is 30.6. The molecule has 0 aromatic heterocycles. The van der Waals surface area contributed by atoms with Gasteiger partial charge in [0.25, 0.3) is 0 Å². The van der Waals surface area contributed by atoms with Gasteiger partial charge in [-0.25, -0.2) is 0 Å². The average molecular weight is 268 g/mol. The summed E-state index contributed by atoms with van der Waals surface area (Å²) >= 11 is 0. The van der Waals surface area contributed by atoms with Gasteiger partial charge in [-0.1, -0.05) is 19.8 Å². The second kappa shape index (κ2) is 8.23. The molecule has 1 N–H and O–H groups in total. The maximum absolute atomic E-state index is 5.59. The molecule has 0 amide bonds. The fraction of sp³-hybridized carbons (Fsp3) is 1.00. The highest BCUT2D eigenvalue weighted by Gasteiger charge is 2.24. The van der Waals surface area contributed by atoms with Gasteiger partial charge in [-0.05, 0) is 64.2 Å². The Morgan fingerprint density at radius 2 is 1.84 bits per heavy atom. The fourth-order valence-electron chi connectivity index (χ4n) is 3.49. The smallest absolute Gasteiger partial charge is 0.0724 e. The van der Waals surface area contributed by atoms with E-state index in [4.69, 9.17) is 4.74 Å². The molecule has 3 heteroatoms. The van der Waals surface area contributed by atoms with E-state index in [-0.39, 0.29) is 0 Å². The van der Waals surface area contributed by atoms with Crippen LogP contribution in [0, 0.1) is 5.92 Å². The molecular formula is C16H32N2O. The third-order valence-corrected chi connectivity index (χ3v) is 4.94. The molecule has 3 nitrogen and oxygen atoms in total. The fourth-order valence-corrected chi connectivity index (χ4v) is 3.49. The minimum absolute atomic E-state index is 0.449. The van der Waals surface area contributed by atoms with E-state index >= 15 is 0 Å². The predicted molar refractivity (Wildman–Crippen MR) is 80.5 cm³/mol. The predicted octanol–water partition coefficient (Wildman–Crippen LogP) is 2.66. The van der Waals surface area contributed by atoms with E-state index in [0.29, 0.717) is 12.1 Å². The standard InChI is InChI=1S/C16H32N2O/c1-14-8-12-18(13-9-14)11-5-10-17-15-6-3-4-7-16(15)19-2/h14-17H,3-13H2,1-2H3. The van der Waals surface area contributed by atoms with Crippen molar-refractivity contribution in [1.82, 2.24) is 10.2 Å². The SMILES string of the molecule is COC1CCCCC1NCCCN1CCC(C)CC1. The molecular weight excluding hydrogens is 236 g/mol. The summed E-state index contributed by atoms with van der Waals surface area (Å²) in [5, 5.41) is 3.72. The molecule has 1 heterocycles. The number of piperidine rings is 1. The first-order valence-electron chi connectivity index (χ1n) is 8.28. The number of methoxy groups -OCH3 is 1. The van der Waals surface area contributed by atoms with Crippen LogP contribution >= 0.6 is 0 Å². The first-order chi connectivity index (χ1) is 9.29. The topological polar surface area (TPSA) is 24.5 Å². The molecule has 0 bridgehead atoms. The Kier molecular flexibility index (Phi) is 6.62. The second-order valence-corrected chi connectivity index (χ2v) is 6.50. The number of hydrogen-bond donors (Lipinski definition) is 1. The number of nitrogens with zero attached hydrogens (tertiary/aromatic N) is 1. The van der Waals surface area contributed by atoms with E-state index < -0.39 is 0 Å². The Morgan fingerprint density at radius 3 is 2.58 bits per heavy atom. The zero-order valence-electron chi connectivity index (χ0n) is 12.9. The van der Waals surface area contributed by atoms with E-state index in [1.54, 1.807) is 0 Å². The van der Waals surface area contributed by atoms with Gasteiger partial charge in [0.05, 0.1) is 6.10 Å². The monoisotopic (exact) mass is 268 g/mol. The van der Waals surface area contributed by atoms with Gasteiger partial charge in [-0.2, -0.15) is 0 Å². The average Bonchev–Trinajstić information content (AvgIpc) is 2.46. The van der Waals surface area contributed by atoms with Crippen LogP contribution in [-0.4, -0.2) is 50.3 Å². The van der Waals surface area contributed by atoms with Crippen LogP contribution in [0.2, 0.25) is 0 Å². The van der Waals surface area contributed by atoms with Crippen LogP contribution in [0.5, 0.6) is 0 Å². The Balaban J connectivity index is 1.56. The highest BCUT2D eigenvalue weighted by atomic mass is 16.5. The Morgan fingerprint density at radius 1 is 1.11 bits per heavy atom. The first-order valence-corrected chi connectivity index (χ1v) is 8.28. The lowest BCUT2D eigenvalue weighted by Crippen LogP contribution is -2.44. The zero-order valence-corrected chi connectivity index (χ0v) is 12.9. The third kappa shape index (κ3) is 5.05. The van der Waals surface area contributed by atoms with Gasteiger partial charge in [0.1, 0.15) is 0 Å². The van der Waals surface area contributed by atoms with Gasteiger partial charge in [0, 0.05) is 13.2 Å². The highest BCUT2D eigenvalue weighted by molar-refractivity contribution is 4.81. The molecule has 1 aliphatic carbocycles. The van der Waals surface area contributed by atoms with Crippen molar-refractivity contribution in [1.29, 1.82) is 0 Å². The van der Waals surface area contributed by atoms with Crippen LogP contribution in [-0.2, 0) is 4.74 Å². The largest absolute Gasteiger partial charge is 0.380 e. The third-order valence-electron chi connectivity index (χ3n) is 4.94. The summed E-state index contributed by atoms with van der Waals surface area (Å²) < 4.78 is 5.59. The molecule has 0 aromatic rings. The van der Waals surface area contributed by atoms with Gasteiger partial charge in [0.2, 0.25) is 0 Å². The van der Waals surface area contributed by atoms with Crippen molar-refractivity contribution in [3.63, 3.8) is 0 Å². The van der Waals surface area contributed by atoms with Crippen LogP contribution in [0.15, 0.2) is 0 Å². The maximum Gasteiger partial charge on any atom is 0.0724 e. The molecule has 0 spiro atoms. The summed E-state index contributed by atoms with van der Waals surface area (Å²) in [5.74, 6) is 0.944. The molecule has 1 saturated carbocycles. The van der Waals surface area contributed by atoms with Crippen molar-refractivity contribution in [2.75, 3.05) is 33.3 Å². The van der Waals surface area contributed by atoms with Crippen LogP contribution in [0.25, 0.3) is 0 Å². The lowest BCUT2D eigenvalue weighted by Gasteiger charge is -2.32. The Bertz CT molecular complexity index is 239. The van der Waals surface area contributed by atoms with Crippen LogP contribution in [0.4, 0.5) is 0 Å². The van der Waals surface area contributed by atoms with Gasteiger partial charge < -0.3 is 15.0 Å². The van der Waals surface area contributed by atoms with Crippen molar-refractivity contribution >= 4 is 0 Å². The lowest BCUT2D eigenvalue weighted by atomic mass is 9.92. The van der Waals surface area contributed by atoms with E-state index in [2.05, 4.69) is 17.1 Å². The van der Waals surface area contributed by atoms with Crippen molar-refractivity contribution in [2.45, 2.75) is 64.0 Å². The van der Waals surface area contributed by atoms with Crippen molar-refractivity contribution in [3.8, 4) is 0 Å². The summed E-state index contributed by atoms with van der Waals surface area (Å²) in [6.45, 7) is 7.42. The molecule has 0 aromatic carbocycles. The minimum atomic E-state index is 0.449. The summed E-state index contributed by atoms with van der Waals surface area (Å²) in [6.07, 6.45) is 9.73. The molecule has 1 saturated heterocycles. The van der Waals surface area contributed by atoms with Crippen LogP contribution in [0.1, 0.15) is 51.9 Å². The van der Waals surface area contributed by atoms with Crippen molar-refractivity contribution in [3.05, 3.63) is 0 Å². The number of hydrogen-bond acceptors (Lipinski definition) is 3. The van der Waals surface area contributed by atoms with Crippen LogP contribution in [0.3, 0.4) is 0 Å². The lowest BCUT2D eigenvalue weighted by molar-refractivity contribution is 0.0415. The van der Waals surface area contributed by atoms with Gasteiger partial charge in [0.15, 0.2) is 0 Å². The molecule has 2 aliphatic rings. The molecule has 2 unspecified atom stereocenters. The van der Waals surface area contributed by atoms with Gasteiger partial charge >= 0.3 is 0 Å². The highest BCUT2D eigenvalue weighted by Crippen LogP contribution is 2.20. The van der Waals surface area contributed by atoms with E-state index in [0.717, 1.165) is 12.5 Å². The summed E-state index contributed by atoms with van der Waals surface area (Å²) in [6, 6.07) is 0.597. The molecule has 0 radical (unpaired) electrons. The number of nitrogens with one attached hydrogen (secondary N) is 1. The van der Waals surface area contributed by atoms with Gasteiger partial charge in [-0.3, -0.25) is 0 Å². The Labute approximate surface area is 119 Å². The summed E-state index contributed by atoms with van der Waals surface area (Å²) in [5.41, 5.74) is 0. The second-order valence-electron chi connectivity index (χ2n) is 6.50. The quantitative estimate of drug-likeness (QED) is 0.750. The zero-order chi connectivity index (χ0) is 13.5. The molecule has 2 atom stereocenters. The summed E-state index contributed by atoms with van der Waals surface area (Å²) in [7, 11) is 1.86. The van der Waals surface area contributed by atoms with Crippen LogP contribution < -0.4 is 5.32 Å². The Hall–Kier alpha value is -0.120. The van der Waals surface area contributed by atoms with E-state index in [1.807, 2.05) is 7.11 Å².